The number of carbonyl (C=O) groups excluding carboxylic acids is 5. The van der Waals surface area contributed by atoms with E-state index in [1.165, 1.54) is 7.11 Å². The molecule has 57 heavy (non-hydrogen) atoms. The van der Waals surface area contributed by atoms with E-state index in [1.807, 2.05) is 90.9 Å². The van der Waals surface area contributed by atoms with Crippen molar-refractivity contribution in [3.8, 4) is 0 Å². The molecule has 1 fully saturated rings. The molecule has 0 aliphatic carbocycles. The van der Waals surface area contributed by atoms with Gasteiger partial charge in [-0.05, 0) is 71.0 Å². The molecule has 0 aromatic heterocycles. The zero-order valence-electron chi connectivity index (χ0n) is 37.6. The smallest absolute Gasteiger partial charge is 0.329 e. The summed E-state index contributed by atoms with van der Waals surface area (Å²) in [4.78, 5) is 74.5. The van der Waals surface area contributed by atoms with E-state index in [9.17, 15) is 24.0 Å². The normalized spacial score (nSPS) is 19.0. The van der Waals surface area contributed by atoms with Gasteiger partial charge in [0.1, 0.15) is 17.7 Å². The first kappa shape index (κ1) is 49.6. The number of nitrogens with one attached hydrogen (secondary N) is 2. The van der Waals surface area contributed by atoms with E-state index in [2.05, 4.69) is 10.6 Å². The average Bonchev–Trinajstić information content (AvgIpc) is 3.62. The Morgan fingerprint density at radius 2 is 1.49 bits per heavy atom. The van der Waals surface area contributed by atoms with Crippen LogP contribution >= 0.6 is 0 Å². The van der Waals surface area contributed by atoms with Gasteiger partial charge in [0.25, 0.3) is 0 Å². The number of likely N-dealkylation sites (tertiary alicyclic amines) is 1. The lowest BCUT2D eigenvalue weighted by Gasteiger charge is -2.41. The number of rotatable bonds is 21. The van der Waals surface area contributed by atoms with Crippen LogP contribution in [0.15, 0.2) is 30.3 Å². The number of hydrogen-bond donors (Lipinski definition) is 2. The van der Waals surface area contributed by atoms with Crippen molar-refractivity contribution >= 4 is 29.6 Å². The molecule has 1 saturated heterocycles. The van der Waals surface area contributed by atoms with Crippen LogP contribution in [0.5, 0.6) is 0 Å². The zero-order valence-corrected chi connectivity index (χ0v) is 37.6. The molecule has 13 nitrogen and oxygen atoms in total. The number of benzene rings is 1. The summed E-state index contributed by atoms with van der Waals surface area (Å²) in [5.41, 5.74) is 0.134. The lowest BCUT2D eigenvalue weighted by Crippen LogP contribution is -2.59. The Hall–Kier alpha value is -3.55. The first-order valence-electron chi connectivity index (χ1n) is 20.8. The second kappa shape index (κ2) is 22.6. The van der Waals surface area contributed by atoms with E-state index in [1.54, 1.807) is 51.7 Å². The third-order valence-electron chi connectivity index (χ3n) is 11.2. The molecule has 0 bridgehead atoms. The summed E-state index contributed by atoms with van der Waals surface area (Å²) in [5, 5.41) is 5.97. The minimum atomic E-state index is -0.923. The molecule has 0 spiro atoms. The third-order valence-corrected chi connectivity index (χ3v) is 11.2. The molecule has 0 saturated carbocycles. The third kappa shape index (κ3) is 14.1. The van der Waals surface area contributed by atoms with Crippen LogP contribution in [0.25, 0.3) is 0 Å². The highest BCUT2D eigenvalue weighted by molar-refractivity contribution is 5.90. The molecule has 4 amide bonds. The molecule has 8 unspecified atom stereocenters. The second-order valence-electron chi connectivity index (χ2n) is 17.8. The second-order valence-corrected chi connectivity index (χ2v) is 17.8. The van der Waals surface area contributed by atoms with Crippen LogP contribution in [0.1, 0.15) is 100 Å². The number of likely N-dealkylation sites (N-methyl/N-ethyl adjacent to an activating group) is 2. The minimum absolute atomic E-state index is 0.00316. The Morgan fingerprint density at radius 1 is 0.877 bits per heavy atom. The lowest BCUT2D eigenvalue weighted by atomic mass is 9.89. The van der Waals surface area contributed by atoms with Crippen LogP contribution in [0, 0.1) is 23.7 Å². The molecule has 1 aromatic carbocycles. The van der Waals surface area contributed by atoms with Crippen LogP contribution in [0.4, 0.5) is 0 Å². The molecular weight excluding hydrogens is 727 g/mol. The van der Waals surface area contributed by atoms with Crippen molar-refractivity contribution in [2.75, 3.05) is 41.9 Å². The fourth-order valence-corrected chi connectivity index (χ4v) is 8.13. The summed E-state index contributed by atoms with van der Waals surface area (Å²) in [7, 11) is 8.53. The van der Waals surface area contributed by atoms with Gasteiger partial charge >= 0.3 is 5.97 Å². The fourth-order valence-electron chi connectivity index (χ4n) is 8.13. The van der Waals surface area contributed by atoms with Crippen molar-refractivity contribution in [2.24, 2.45) is 23.7 Å². The van der Waals surface area contributed by atoms with Crippen molar-refractivity contribution in [3.63, 3.8) is 0 Å². The van der Waals surface area contributed by atoms with Crippen molar-refractivity contribution in [3.05, 3.63) is 35.9 Å². The van der Waals surface area contributed by atoms with Crippen LogP contribution in [-0.2, 0) is 44.6 Å². The summed E-state index contributed by atoms with van der Waals surface area (Å²) < 4.78 is 17.7. The van der Waals surface area contributed by atoms with Crippen molar-refractivity contribution in [1.82, 2.24) is 25.3 Å². The van der Waals surface area contributed by atoms with Gasteiger partial charge in [-0.3, -0.25) is 24.1 Å². The van der Waals surface area contributed by atoms with Gasteiger partial charge in [0.15, 0.2) is 0 Å². The van der Waals surface area contributed by atoms with Gasteiger partial charge < -0.3 is 34.6 Å². The largest absolute Gasteiger partial charge is 0.458 e. The molecule has 1 aromatic rings. The standard InChI is InChI=1S/C44H75N5O8/c1-16-29(6)38(48(13)42(53)36(27(2)3)46-41(52)37(28(4)5)47(11)12)34(55-14)26-35(50)49-24-20-23-33(49)39(56-15)30(7)40(51)45-32(43(54)57-44(8,9)10)25-31-21-18-17-19-22-31/h17-19,21-22,27-30,32-34,36-39H,16,20,23-26H2,1-15H3,(H,45,51)(H,46,52)/t29?,30?,32?,33?,34?,36-,37?,38?,39?/m0/s1. The number of methoxy groups -OCH3 is 2. The fraction of sp³-hybridized carbons (Fsp3) is 0.750. The minimum Gasteiger partial charge on any atom is -0.458 e. The maximum absolute atomic E-state index is 14.3. The molecule has 1 aliphatic heterocycles. The molecule has 1 heterocycles. The van der Waals surface area contributed by atoms with E-state index < -0.39 is 59.9 Å². The highest BCUT2D eigenvalue weighted by Gasteiger charge is 2.43. The number of hydrogen-bond acceptors (Lipinski definition) is 9. The van der Waals surface area contributed by atoms with Crippen LogP contribution in [0.3, 0.4) is 0 Å². The van der Waals surface area contributed by atoms with Crippen LogP contribution in [0.2, 0.25) is 0 Å². The van der Waals surface area contributed by atoms with Crippen molar-refractivity contribution in [1.29, 1.82) is 0 Å². The monoisotopic (exact) mass is 802 g/mol. The van der Waals surface area contributed by atoms with Gasteiger partial charge in [-0.1, -0.05) is 85.2 Å². The molecule has 2 N–H and O–H groups in total. The first-order valence-corrected chi connectivity index (χ1v) is 20.8. The highest BCUT2D eigenvalue weighted by atomic mass is 16.6. The summed E-state index contributed by atoms with van der Waals surface area (Å²) in [5.74, 6) is -2.42. The molecule has 324 valence electrons. The predicted octanol–water partition coefficient (Wildman–Crippen LogP) is 4.70. The maximum atomic E-state index is 14.3. The number of carbonyl (C=O) groups is 5. The number of ether oxygens (including phenoxy) is 3. The Morgan fingerprint density at radius 3 is 1.98 bits per heavy atom. The maximum Gasteiger partial charge on any atom is 0.329 e. The number of nitrogens with zero attached hydrogens (tertiary/aromatic N) is 3. The van der Waals surface area contributed by atoms with E-state index in [4.69, 9.17) is 14.2 Å². The topological polar surface area (TPSA) is 147 Å². The SMILES string of the molecule is CCC(C)C(C(CC(=O)N1CCCC1C(OC)C(C)C(=O)NC(Cc1ccccc1)C(=O)OC(C)(C)C)OC)N(C)C(=O)[C@@H](NC(=O)C(C(C)C)N(C)C)C(C)C. The van der Waals surface area contributed by atoms with E-state index in [-0.39, 0.29) is 54.2 Å². The predicted molar refractivity (Wildman–Crippen MR) is 223 cm³/mol. The first-order chi connectivity index (χ1) is 26.6. The van der Waals surface area contributed by atoms with E-state index in [0.717, 1.165) is 18.4 Å². The summed E-state index contributed by atoms with van der Waals surface area (Å²) in [6.45, 7) is 19.4. The van der Waals surface area contributed by atoms with E-state index in [0.29, 0.717) is 13.0 Å². The van der Waals surface area contributed by atoms with Gasteiger partial charge in [-0.25, -0.2) is 4.79 Å². The van der Waals surface area contributed by atoms with Crippen molar-refractivity contribution < 1.29 is 38.2 Å². The van der Waals surface area contributed by atoms with Gasteiger partial charge in [0.05, 0.1) is 42.7 Å². The van der Waals surface area contributed by atoms with Gasteiger partial charge in [0, 0.05) is 34.2 Å². The van der Waals surface area contributed by atoms with Gasteiger partial charge in [0.2, 0.25) is 23.6 Å². The summed E-state index contributed by atoms with van der Waals surface area (Å²) in [6, 6.07) is 6.47. The zero-order chi connectivity index (χ0) is 43.4. The highest BCUT2D eigenvalue weighted by Crippen LogP contribution is 2.30. The molecule has 13 heteroatoms. The Labute approximate surface area is 343 Å². The molecule has 2 rings (SSSR count). The molecular formula is C44H75N5O8. The Kier molecular flexibility index (Phi) is 19.6. The van der Waals surface area contributed by atoms with Crippen LogP contribution < -0.4 is 10.6 Å². The summed E-state index contributed by atoms with van der Waals surface area (Å²) in [6.07, 6.45) is 1.04. The number of esters is 1. The lowest BCUT2D eigenvalue weighted by molar-refractivity contribution is -0.159. The summed E-state index contributed by atoms with van der Waals surface area (Å²) >= 11 is 0. The van der Waals surface area contributed by atoms with E-state index >= 15 is 0 Å². The molecule has 9 atom stereocenters. The van der Waals surface area contributed by atoms with Gasteiger partial charge in [-0.15, -0.1) is 0 Å². The quantitative estimate of drug-likeness (QED) is 0.169. The Balaban J connectivity index is 2.32. The molecule has 0 radical (unpaired) electrons. The average molecular weight is 802 g/mol. The molecule has 1 aliphatic rings. The number of amides is 4. The van der Waals surface area contributed by atoms with Gasteiger partial charge in [-0.2, -0.15) is 0 Å². The Bertz CT molecular complexity index is 1440. The van der Waals surface area contributed by atoms with Crippen molar-refractivity contribution in [2.45, 2.75) is 149 Å². The van der Waals surface area contributed by atoms with Crippen LogP contribution in [-0.4, -0.2) is 134 Å².